The minimum Gasteiger partial charge on any atom is -0.493 e. The average molecular weight is 715 g/mol. The summed E-state index contributed by atoms with van der Waals surface area (Å²) in [4.78, 5) is 41.1. The van der Waals surface area contributed by atoms with Crippen molar-refractivity contribution >= 4 is 79.0 Å². The number of nitrogens with zero attached hydrogens (tertiary/aromatic N) is 4. The second-order valence-corrected chi connectivity index (χ2v) is 12.0. The number of nitrogens with one attached hydrogen (secondary N) is 2. The third-order valence-electron chi connectivity index (χ3n) is 7.67. The second-order valence-electron chi connectivity index (χ2n) is 10.2. The number of carbonyl (C=O) groups is 2. The monoisotopic (exact) mass is 714 g/mol. The SMILES string of the molecule is COc1cc(N2C(=O)Nc3c(C(=O)Nc4ccc(CN5CCCCC5)cc4)sc4ncnc2c34)c(CI)c(OC)c1OC. The Balaban J connectivity index is 1.33. The Morgan fingerprint density at radius 1 is 1.05 bits per heavy atom. The van der Waals surface area contributed by atoms with E-state index in [1.165, 1.54) is 61.6 Å². The van der Waals surface area contributed by atoms with E-state index in [-0.39, 0.29) is 5.91 Å². The van der Waals surface area contributed by atoms with E-state index >= 15 is 0 Å². The van der Waals surface area contributed by atoms with Gasteiger partial charge in [-0.2, -0.15) is 0 Å². The van der Waals surface area contributed by atoms with Gasteiger partial charge in [0.05, 0.1) is 38.1 Å². The highest BCUT2D eigenvalue weighted by Crippen LogP contribution is 2.50. The van der Waals surface area contributed by atoms with Crippen LogP contribution in [0, 0.1) is 0 Å². The number of amides is 3. The van der Waals surface area contributed by atoms with Gasteiger partial charge in [0.2, 0.25) is 5.75 Å². The van der Waals surface area contributed by atoms with Crippen LogP contribution >= 0.6 is 33.9 Å². The summed E-state index contributed by atoms with van der Waals surface area (Å²) in [5.41, 5.74) is 3.52. The van der Waals surface area contributed by atoms with Gasteiger partial charge in [-0.05, 0) is 43.6 Å². The molecule has 4 heterocycles. The molecule has 6 rings (SSSR count). The topological polar surface area (TPSA) is 118 Å². The van der Waals surface area contributed by atoms with E-state index in [1.54, 1.807) is 13.2 Å². The molecule has 43 heavy (non-hydrogen) atoms. The number of methoxy groups -OCH3 is 3. The molecule has 2 aromatic carbocycles. The number of ether oxygens (including phenoxy) is 3. The lowest BCUT2D eigenvalue weighted by Gasteiger charge is -2.30. The Hall–Kier alpha value is -3.69. The minimum atomic E-state index is -0.470. The summed E-state index contributed by atoms with van der Waals surface area (Å²) < 4.78 is 17.3. The molecule has 0 atom stereocenters. The zero-order chi connectivity index (χ0) is 30.1. The zero-order valence-corrected chi connectivity index (χ0v) is 27.0. The third-order valence-corrected chi connectivity index (χ3v) is 9.53. The first-order valence-electron chi connectivity index (χ1n) is 13.9. The van der Waals surface area contributed by atoms with Gasteiger partial charge in [-0.25, -0.2) is 19.7 Å². The van der Waals surface area contributed by atoms with Gasteiger partial charge >= 0.3 is 6.03 Å². The number of urea groups is 1. The summed E-state index contributed by atoms with van der Waals surface area (Å²) in [6.07, 6.45) is 5.19. The Labute approximate surface area is 266 Å². The van der Waals surface area contributed by atoms with Crippen LogP contribution in [0.4, 0.5) is 27.7 Å². The summed E-state index contributed by atoms with van der Waals surface area (Å²) >= 11 is 3.42. The Morgan fingerprint density at radius 2 is 1.79 bits per heavy atom. The van der Waals surface area contributed by atoms with Crippen molar-refractivity contribution in [2.75, 3.05) is 50.0 Å². The summed E-state index contributed by atoms with van der Waals surface area (Å²) in [5.74, 6) is 1.32. The number of carbonyl (C=O) groups excluding carboxylic acids is 2. The van der Waals surface area contributed by atoms with Crippen molar-refractivity contribution in [3.8, 4) is 17.2 Å². The Bertz CT molecular complexity index is 1690. The largest absolute Gasteiger partial charge is 0.493 e. The van der Waals surface area contributed by atoms with Gasteiger partial charge in [-0.15, -0.1) is 11.3 Å². The van der Waals surface area contributed by atoms with Crippen LogP contribution in [0.5, 0.6) is 17.2 Å². The number of rotatable bonds is 9. The van der Waals surface area contributed by atoms with Crippen molar-refractivity contribution in [2.45, 2.75) is 30.2 Å². The van der Waals surface area contributed by atoms with Gasteiger partial charge in [0.25, 0.3) is 5.91 Å². The average Bonchev–Trinajstić information content (AvgIpc) is 3.41. The Kier molecular flexibility index (Phi) is 8.54. The van der Waals surface area contributed by atoms with E-state index in [0.29, 0.717) is 59.6 Å². The second kappa shape index (κ2) is 12.5. The molecule has 11 nitrogen and oxygen atoms in total. The molecule has 2 N–H and O–H groups in total. The number of hydrogen-bond donors (Lipinski definition) is 2. The van der Waals surface area contributed by atoms with Crippen molar-refractivity contribution < 1.29 is 23.8 Å². The van der Waals surface area contributed by atoms with Crippen LogP contribution in [0.25, 0.3) is 10.2 Å². The van der Waals surface area contributed by atoms with Gasteiger partial charge in [-0.1, -0.05) is 41.1 Å². The quantitative estimate of drug-likeness (QED) is 0.148. The minimum absolute atomic E-state index is 0.331. The van der Waals surface area contributed by atoms with E-state index in [1.807, 2.05) is 24.3 Å². The number of alkyl halides is 1. The molecular formula is C30H31IN6O5S. The molecule has 0 saturated carbocycles. The highest BCUT2D eigenvalue weighted by atomic mass is 127. The molecule has 1 saturated heterocycles. The van der Waals surface area contributed by atoms with Gasteiger partial charge < -0.3 is 24.8 Å². The van der Waals surface area contributed by atoms with Crippen LogP contribution < -0.4 is 29.7 Å². The number of piperidine rings is 1. The van der Waals surface area contributed by atoms with Gasteiger partial charge in [0, 0.05) is 28.3 Å². The van der Waals surface area contributed by atoms with Crippen molar-refractivity contribution in [3.63, 3.8) is 0 Å². The lowest BCUT2D eigenvalue weighted by molar-refractivity contribution is 0.103. The van der Waals surface area contributed by atoms with Crippen molar-refractivity contribution in [3.05, 3.63) is 52.7 Å². The van der Waals surface area contributed by atoms with Crippen LogP contribution in [0.2, 0.25) is 0 Å². The normalized spacial score (nSPS) is 14.9. The lowest BCUT2D eigenvalue weighted by atomic mass is 10.1. The maximum Gasteiger partial charge on any atom is 0.332 e. The molecule has 224 valence electrons. The van der Waals surface area contributed by atoms with Crippen molar-refractivity contribution in [2.24, 2.45) is 0 Å². The van der Waals surface area contributed by atoms with E-state index in [0.717, 1.165) is 25.2 Å². The predicted octanol–water partition coefficient (Wildman–Crippen LogP) is 6.57. The first-order chi connectivity index (χ1) is 21.0. The van der Waals surface area contributed by atoms with Crippen molar-refractivity contribution in [1.29, 1.82) is 0 Å². The maximum atomic E-state index is 13.8. The standard InChI is InChI=1S/C30H31IN6O5S/c1-40-21-13-20(19(14-31)24(41-2)25(21)42-3)37-27-22-23(35-30(37)39)26(43-29(22)33-16-32-27)28(38)34-18-9-7-17(8-10-18)15-36-11-5-4-6-12-36/h7-10,13,16H,4-6,11-12,14-15H2,1-3H3,(H,34,38)(H,35,39). The van der Waals surface area contributed by atoms with Crippen LogP contribution in [0.15, 0.2) is 36.7 Å². The zero-order valence-electron chi connectivity index (χ0n) is 24.0. The number of halogens is 1. The van der Waals surface area contributed by atoms with Crippen LogP contribution in [-0.4, -0.2) is 61.2 Å². The molecule has 2 aliphatic heterocycles. The molecule has 4 aromatic rings. The molecule has 2 aromatic heterocycles. The molecule has 0 spiro atoms. The summed E-state index contributed by atoms with van der Waals surface area (Å²) in [6, 6.07) is 9.18. The molecule has 13 heteroatoms. The van der Waals surface area contributed by atoms with E-state index in [2.05, 4.69) is 48.1 Å². The Morgan fingerprint density at radius 3 is 2.47 bits per heavy atom. The molecule has 0 unspecified atom stereocenters. The number of hydrogen-bond acceptors (Lipinski definition) is 9. The summed E-state index contributed by atoms with van der Waals surface area (Å²) in [6.45, 7) is 3.16. The van der Waals surface area contributed by atoms with Crippen LogP contribution in [-0.2, 0) is 11.0 Å². The summed E-state index contributed by atoms with van der Waals surface area (Å²) in [7, 11) is 4.60. The lowest BCUT2D eigenvalue weighted by Crippen LogP contribution is -2.35. The fourth-order valence-electron chi connectivity index (χ4n) is 5.64. The number of benzene rings is 2. The van der Waals surface area contributed by atoms with Crippen LogP contribution in [0.1, 0.15) is 40.1 Å². The first kappa shape index (κ1) is 29.4. The number of likely N-dealkylation sites (tertiary alicyclic amines) is 1. The smallest absolute Gasteiger partial charge is 0.332 e. The van der Waals surface area contributed by atoms with Crippen molar-refractivity contribution in [1.82, 2.24) is 14.9 Å². The molecule has 3 amide bonds. The molecule has 1 fully saturated rings. The fourth-order valence-corrected chi connectivity index (χ4v) is 7.36. The van der Waals surface area contributed by atoms with Gasteiger partial charge in [-0.3, -0.25) is 9.69 Å². The van der Waals surface area contributed by atoms with E-state index in [4.69, 9.17) is 14.2 Å². The molecule has 0 aliphatic carbocycles. The predicted molar refractivity (Wildman–Crippen MR) is 176 cm³/mol. The molecule has 2 aliphatic rings. The van der Waals surface area contributed by atoms with Crippen LogP contribution in [0.3, 0.4) is 0 Å². The van der Waals surface area contributed by atoms with Gasteiger partial charge in [0.1, 0.15) is 16.0 Å². The number of anilines is 4. The third kappa shape index (κ3) is 5.45. The molecule has 0 radical (unpaired) electrons. The summed E-state index contributed by atoms with van der Waals surface area (Å²) in [5, 5.41) is 6.50. The van der Waals surface area contributed by atoms with E-state index < -0.39 is 6.03 Å². The van der Waals surface area contributed by atoms with Gasteiger partial charge in [0.15, 0.2) is 17.3 Å². The number of aromatic nitrogens is 2. The molecular weight excluding hydrogens is 683 g/mol. The highest BCUT2D eigenvalue weighted by Gasteiger charge is 2.36. The number of thiophene rings is 1. The molecule has 0 bridgehead atoms. The van der Waals surface area contributed by atoms with E-state index in [9.17, 15) is 9.59 Å². The maximum absolute atomic E-state index is 13.8. The fraction of sp³-hybridized carbons (Fsp3) is 0.333. The highest BCUT2D eigenvalue weighted by molar-refractivity contribution is 14.1. The first-order valence-corrected chi connectivity index (χ1v) is 16.2.